The van der Waals surface area contributed by atoms with Crippen LogP contribution >= 0.6 is 23.4 Å². The molecule has 0 heterocycles. The summed E-state index contributed by atoms with van der Waals surface area (Å²) in [6.07, 6.45) is 3.07. The van der Waals surface area contributed by atoms with Gasteiger partial charge in [-0.05, 0) is 37.9 Å². The number of benzene rings is 1. The molecule has 2 nitrogen and oxygen atoms in total. The first kappa shape index (κ1) is 14.8. The van der Waals surface area contributed by atoms with Gasteiger partial charge in [0, 0.05) is 23.4 Å². The number of hydrogen-bond acceptors (Lipinski definition) is 3. The Balaban J connectivity index is 2.39. The van der Waals surface area contributed by atoms with Crippen molar-refractivity contribution in [2.24, 2.45) is 5.73 Å². The van der Waals surface area contributed by atoms with Gasteiger partial charge < -0.3 is 10.6 Å². The van der Waals surface area contributed by atoms with E-state index in [2.05, 4.69) is 18.2 Å². The highest BCUT2D eigenvalue weighted by atomic mass is 35.5. The first-order chi connectivity index (χ1) is 8.15. The van der Waals surface area contributed by atoms with Gasteiger partial charge in [0.1, 0.15) is 0 Å². The first-order valence-electron chi connectivity index (χ1n) is 5.82. The van der Waals surface area contributed by atoms with Crippen LogP contribution in [0.25, 0.3) is 0 Å². The van der Waals surface area contributed by atoms with Crippen molar-refractivity contribution in [1.82, 2.24) is 4.90 Å². The lowest BCUT2D eigenvalue weighted by Crippen LogP contribution is -2.25. The molecule has 1 atom stereocenters. The zero-order valence-corrected chi connectivity index (χ0v) is 12.1. The van der Waals surface area contributed by atoms with Crippen LogP contribution in [0.4, 0.5) is 0 Å². The topological polar surface area (TPSA) is 29.3 Å². The summed E-state index contributed by atoms with van der Waals surface area (Å²) in [5, 5.41) is 0.770. The molecule has 0 fully saturated rings. The van der Waals surface area contributed by atoms with Crippen molar-refractivity contribution in [2.45, 2.75) is 12.5 Å². The number of hydrogen-bond donors (Lipinski definition) is 1. The summed E-state index contributed by atoms with van der Waals surface area (Å²) < 4.78 is 0. The lowest BCUT2D eigenvalue weighted by molar-refractivity contribution is 0.337. The molecule has 0 aliphatic heterocycles. The van der Waals surface area contributed by atoms with Gasteiger partial charge in [0.2, 0.25) is 0 Å². The minimum atomic E-state index is 0.0282. The fraction of sp³-hybridized carbons (Fsp3) is 0.538. The van der Waals surface area contributed by atoms with Gasteiger partial charge in [-0.1, -0.05) is 29.8 Å². The largest absolute Gasteiger partial charge is 0.324 e. The summed E-state index contributed by atoms with van der Waals surface area (Å²) >= 11 is 7.99. The van der Waals surface area contributed by atoms with E-state index in [4.69, 9.17) is 17.3 Å². The molecule has 4 heteroatoms. The van der Waals surface area contributed by atoms with Crippen molar-refractivity contribution in [1.29, 1.82) is 0 Å². The fourth-order valence-corrected chi connectivity index (χ4v) is 2.42. The van der Waals surface area contributed by atoms with Gasteiger partial charge >= 0.3 is 0 Å². The molecule has 0 aliphatic carbocycles. The van der Waals surface area contributed by atoms with E-state index in [1.54, 1.807) is 0 Å². The minimum absolute atomic E-state index is 0.0282. The number of thioether (sulfide) groups is 1. The molecule has 1 aromatic carbocycles. The van der Waals surface area contributed by atoms with Crippen molar-refractivity contribution in [2.75, 3.05) is 32.1 Å². The third kappa shape index (κ3) is 5.30. The summed E-state index contributed by atoms with van der Waals surface area (Å²) in [5.74, 6) is 1.16. The molecule has 0 aromatic heterocycles. The van der Waals surface area contributed by atoms with E-state index >= 15 is 0 Å². The Morgan fingerprint density at radius 2 is 2.06 bits per heavy atom. The smallest absolute Gasteiger partial charge is 0.0453 e. The molecule has 0 aliphatic rings. The first-order valence-corrected chi connectivity index (χ1v) is 7.59. The maximum absolute atomic E-state index is 6.16. The lowest BCUT2D eigenvalue weighted by atomic mass is 10.0. The zero-order valence-electron chi connectivity index (χ0n) is 10.5. The van der Waals surface area contributed by atoms with Crippen LogP contribution in [0.3, 0.4) is 0 Å². The Bertz CT molecular complexity index is 333. The Labute approximate surface area is 114 Å². The molecule has 1 aromatic rings. The van der Waals surface area contributed by atoms with Gasteiger partial charge in [0.05, 0.1) is 0 Å². The highest BCUT2D eigenvalue weighted by Crippen LogP contribution is 2.23. The van der Waals surface area contributed by atoms with E-state index in [0.29, 0.717) is 0 Å². The van der Waals surface area contributed by atoms with Crippen LogP contribution in [-0.2, 0) is 0 Å². The Morgan fingerprint density at radius 1 is 1.35 bits per heavy atom. The van der Waals surface area contributed by atoms with Gasteiger partial charge in [-0.15, -0.1) is 0 Å². The Morgan fingerprint density at radius 3 is 2.71 bits per heavy atom. The monoisotopic (exact) mass is 272 g/mol. The van der Waals surface area contributed by atoms with Crippen LogP contribution < -0.4 is 5.73 Å². The highest BCUT2D eigenvalue weighted by Gasteiger charge is 2.10. The van der Waals surface area contributed by atoms with Crippen LogP contribution in [0.15, 0.2) is 24.3 Å². The molecule has 0 saturated heterocycles. The van der Waals surface area contributed by atoms with Gasteiger partial charge in [-0.2, -0.15) is 11.8 Å². The second-order valence-corrected chi connectivity index (χ2v) is 5.61. The minimum Gasteiger partial charge on any atom is -0.324 e. The highest BCUT2D eigenvalue weighted by molar-refractivity contribution is 7.98. The quantitative estimate of drug-likeness (QED) is 0.827. The summed E-state index contributed by atoms with van der Waals surface area (Å²) in [5.41, 5.74) is 7.21. The maximum atomic E-state index is 6.16. The van der Waals surface area contributed by atoms with Crippen molar-refractivity contribution < 1.29 is 0 Å². The van der Waals surface area contributed by atoms with Crippen LogP contribution in [0.1, 0.15) is 18.0 Å². The van der Waals surface area contributed by atoms with Crippen molar-refractivity contribution in [3.05, 3.63) is 34.9 Å². The number of halogens is 1. The van der Waals surface area contributed by atoms with E-state index in [1.807, 2.05) is 36.0 Å². The van der Waals surface area contributed by atoms with E-state index in [1.165, 1.54) is 0 Å². The molecule has 0 radical (unpaired) electrons. The summed E-state index contributed by atoms with van der Waals surface area (Å²) in [7, 11) is 2.13. The van der Waals surface area contributed by atoms with E-state index in [0.717, 1.165) is 35.8 Å². The molecule has 0 amide bonds. The normalized spacial score (nSPS) is 13.0. The van der Waals surface area contributed by atoms with Gasteiger partial charge in [0.25, 0.3) is 0 Å². The van der Waals surface area contributed by atoms with E-state index in [-0.39, 0.29) is 6.04 Å². The van der Waals surface area contributed by atoms with Crippen LogP contribution in [-0.4, -0.2) is 37.0 Å². The van der Waals surface area contributed by atoms with Crippen molar-refractivity contribution in [3.63, 3.8) is 0 Å². The third-order valence-corrected chi connectivity index (χ3v) is 3.74. The predicted octanol–water partition coefficient (Wildman–Crippen LogP) is 3.02. The lowest BCUT2D eigenvalue weighted by Gasteiger charge is -2.19. The molecule has 0 spiro atoms. The molecule has 0 saturated carbocycles. The summed E-state index contributed by atoms with van der Waals surface area (Å²) in [4.78, 5) is 2.31. The molecule has 1 unspecified atom stereocenters. The summed E-state index contributed by atoms with van der Waals surface area (Å²) in [6, 6.07) is 7.85. The van der Waals surface area contributed by atoms with Gasteiger partial charge in [-0.3, -0.25) is 0 Å². The second kappa shape index (κ2) is 7.98. The molecular weight excluding hydrogens is 252 g/mol. The van der Waals surface area contributed by atoms with Gasteiger partial charge in [-0.25, -0.2) is 0 Å². The SMILES string of the molecule is CSCCN(C)CCC(N)c1ccccc1Cl. The van der Waals surface area contributed by atoms with Crippen molar-refractivity contribution >= 4 is 23.4 Å². The van der Waals surface area contributed by atoms with Crippen LogP contribution in [0, 0.1) is 0 Å². The number of rotatable bonds is 7. The predicted molar refractivity (Wildman–Crippen MR) is 78.9 cm³/mol. The average Bonchev–Trinajstić information content (AvgIpc) is 2.34. The molecule has 17 heavy (non-hydrogen) atoms. The standard InChI is InChI=1S/C13H21ClN2S/c1-16(9-10-17-2)8-7-13(15)11-5-3-4-6-12(11)14/h3-6,13H,7-10,15H2,1-2H3. The van der Waals surface area contributed by atoms with E-state index < -0.39 is 0 Å². The Hall–Kier alpha value is -0.220. The van der Waals surface area contributed by atoms with Crippen LogP contribution in [0.2, 0.25) is 5.02 Å². The second-order valence-electron chi connectivity index (χ2n) is 4.21. The average molecular weight is 273 g/mol. The third-order valence-electron chi connectivity index (χ3n) is 2.80. The Kier molecular flexibility index (Phi) is 6.97. The zero-order chi connectivity index (χ0) is 12.7. The van der Waals surface area contributed by atoms with Gasteiger partial charge in [0.15, 0.2) is 0 Å². The fourth-order valence-electron chi connectivity index (χ4n) is 1.65. The van der Waals surface area contributed by atoms with Crippen molar-refractivity contribution in [3.8, 4) is 0 Å². The van der Waals surface area contributed by atoms with Crippen LogP contribution in [0.5, 0.6) is 0 Å². The summed E-state index contributed by atoms with van der Waals surface area (Å²) in [6.45, 7) is 2.11. The molecule has 0 bridgehead atoms. The number of nitrogens with zero attached hydrogens (tertiary/aromatic N) is 1. The van der Waals surface area contributed by atoms with E-state index in [9.17, 15) is 0 Å². The molecule has 96 valence electrons. The molecule has 1 rings (SSSR count). The number of nitrogens with two attached hydrogens (primary N) is 1. The molecule has 2 N–H and O–H groups in total. The molecular formula is C13H21ClN2S. The maximum Gasteiger partial charge on any atom is 0.0453 e.